The maximum absolute atomic E-state index is 12.8. The average Bonchev–Trinajstić information content (AvgIpc) is 2.63. The third-order valence-corrected chi connectivity index (χ3v) is 5.98. The van der Waals surface area contributed by atoms with Gasteiger partial charge in [0.15, 0.2) is 0 Å². The number of sulfonamides is 1. The topological polar surface area (TPSA) is 61.9 Å². The van der Waals surface area contributed by atoms with Crippen LogP contribution < -0.4 is 15.0 Å². The number of ether oxygens (including phenoxy) is 1. The summed E-state index contributed by atoms with van der Waals surface area (Å²) >= 11 is 0. The second-order valence-electron chi connectivity index (χ2n) is 6.07. The van der Waals surface area contributed by atoms with Crippen LogP contribution in [0, 0.1) is 0 Å². The lowest BCUT2D eigenvalue weighted by Crippen LogP contribution is -2.43. The van der Waals surface area contributed by atoms with E-state index in [-0.39, 0.29) is 4.90 Å². The number of rotatable bonds is 5. The Morgan fingerprint density at radius 1 is 1.04 bits per heavy atom. The van der Waals surface area contributed by atoms with Crippen LogP contribution in [0.3, 0.4) is 0 Å². The fourth-order valence-electron chi connectivity index (χ4n) is 2.71. The lowest BCUT2D eigenvalue weighted by Gasteiger charge is -2.30. The predicted molar refractivity (Wildman–Crippen MR) is 98.9 cm³/mol. The van der Waals surface area contributed by atoms with Crippen LogP contribution in [0.5, 0.6) is 11.5 Å². The quantitative estimate of drug-likeness (QED) is 0.884. The van der Waals surface area contributed by atoms with Crippen molar-refractivity contribution >= 4 is 15.7 Å². The normalized spacial score (nSPS) is 15.4. The highest BCUT2D eigenvalue weighted by molar-refractivity contribution is 7.89. The number of para-hydroxylation sites is 1. The molecule has 0 bridgehead atoms. The minimum absolute atomic E-state index is 0.178. The molecule has 0 spiro atoms. The van der Waals surface area contributed by atoms with E-state index in [4.69, 9.17) is 4.74 Å². The van der Waals surface area contributed by atoms with Crippen LogP contribution in [-0.4, -0.2) is 53.0 Å². The van der Waals surface area contributed by atoms with Gasteiger partial charge in [0.25, 0.3) is 0 Å². The zero-order chi connectivity index (χ0) is 17.9. The Kier molecular flexibility index (Phi) is 5.27. The van der Waals surface area contributed by atoms with Gasteiger partial charge < -0.3 is 15.0 Å². The molecule has 0 amide bonds. The highest BCUT2D eigenvalue weighted by Crippen LogP contribution is 2.33. The summed E-state index contributed by atoms with van der Waals surface area (Å²) in [5.41, 5.74) is 0.891. The molecule has 0 radical (unpaired) electrons. The molecule has 0 saturated carbocycles. The number of anilines is 1. The van der Waals surface area contributed by atoms with E-state index in [1.54, 1.807) is 24.3 Å². The number of nitrogens with one attached hydrogen (secondary N) is 1. The molecule has 1 aliphatic rings. The number of benzene rings is 2. The minimum atomic E-state index is -3.62. The SMILES string of the molecule is CN(C)S(=O)(=O)c1cc(N2CCNCC2)ccc1Oc1ccccc1. The van der Waals surface area contributed by atoms with Gasteiger partial charge in [-0.05, 0) is 30.3 Å². The summed E-state index contributed by atoms with van der Waals surface area (Å²) in [6, 6.07) is 14.6. The number of hydrogen-bond acceptors (Lipinski definition) is 5. The lowest BCUT2D eigenvalue weighted by atomic mass is 10.2. The second-order valence-corrected chi connectivity index (χ2v) is 8.19. The molecule has 2 aromatic rings. The van der Waals surface area contributed by atoms with Gasteiger partial charge >= 0.3 is 0 Å². The zero-order valence-electron chi connectivity index (χ0n) is 14.5. The van der Waals surface area contributed by atoms with E-state index in [0.717, 1.165) is 31.9 Å². The van der Waals surface area contributed by atoms with Crippen LogP contribution >= 0.6 is 0 Å². The fraction of sp³-hybridized carbons (Fsp3) is 0.333. The molecule has 1 fully saturated rings. The maximum Gasteiger partial charge on any atom is 0.246 e. The van der Waals surface area contributed by atoms with Gasteiger partial charge in [-0.15, -0.1) is 0 Å². The molecule has 1 heterocycles. The Hall–Kier alpha value is -2.09. The lowest BCUT2D eigenvalue weighted by molar-refractivity contribution is 0.460. The summed E-state index contributed by atoms with van der Waals surface area (Å²) < 4.78 is 32.6. The highest BCUT2D eigenvalue weighted by Gasteiger charge is 2.24. The molecule has 1 N–H and O–H groups in total. The molecule has 25 heavy (non-hydrogen) atoms. The third-order valence-electron chi connectivity index (χ3n) is 4.14. The summed E-state index contributed by atoms with van der Waals surface area (Å²) in [7, 11) is -0.569. The van der Waals surface area contributed by atoms with Gasteiger partial charge in [-0.2, -0.15) is 0 Å². The summed E-state index contributed by atoms with van der Waals surface area (Å²) in [4.78, 5) is 2.36. The molecule has 0 aromatic heterocycles. The third kappa shape index (κ3) is 3.95. The van der Waals surface area contributed by atoms with Crippen LogP contribution in [0.2, 0.25) is 0 Å². The van der Waals surface area contributed by atoms with Gasteiger partial charge in [-0.3, -0.25) is 0 Å². The second kappa shape index (κ2) is 7.43. The standard InChI is InChI=1S/C18H23N3O3S/c1-20(2)25(22,23)18-14-15(21-12-10-19-11-13-21)8-9-17(18)24-16-6-4-3-5-7-16/h3-9,14,19H,10-13H2,1-2H3. The van der Waals surface area contributed by atoms with Crippen molar-refractivity contribution in [2.45, 2.75) is 4.90 Å². The van der Waals surface area contributed by atoms with Crippen molar-refractivity contribution in [2.24, 2.45) is 0 Å². The molecular weight excluding hydrogens is 338 g/mol. The molecular formula is C18H23N3O3S. The summed E-state index contributed by atoms with van der Waals surface area (Å²) in [5.74, 6) is 0.936. The highest BCUT2D eigenvalue weighted by atomic mass is 32.2. The van der Waals surface area contributed by atoms with E-state index in [2.05, 4.69) is 10.2 Å². The van der Waals surface area contributed by atoms with E-state index >= 15 is 0 Å². The monoisotopic (exact) mass is 361 g/mol. The van der Waals surface area contributed by atoms with Crippen molar-refractivity contribution in [1.29, 1.82) is 0 Å². The Balaban J connectivity index is 2.02. The van der Waals surface area contributed by atoms with Gasteiger partial charge in [-0.25, -0.2) is 12.7 Å². The summed E-state index contributed by atoms with van der Waals surface area (Å²) in [5, 5.41) is 3.30. The first-order valence-corrected chi connectivity index (χ1v) is 9.67. The first-order chi connectivity index (χ1) is 12.0. The van der Waals surface area contributed by atoms with E-state index in [1.165, 1.54) is 18.4 Å². The van der Waals surface area contributed by atoms with Gasteiger partial charge in [-0.1, -0.05) is 18.2 Å². The maximum atomic E-state index is 12.8. The number of hydrogen-bond donors (Lipinski definition) is 1. The number of nitrogens with zero attached hydrogens (tertiary/aromatic N) is 2. The van der Waals surface area contributed by atoms with E-state index in [9.17, 15) is 8.42 Å². The summed E-state index contributed by atoms with van der Waals surface area (Å²) in [6.45, 7) is 3.47. The molecule has 7 heteroatoms. The van der Waals surface area contributed by atoms with Gasteiger partial charge in [0.1, 0.15) is 16.4 Å². The molecule has 0 aliphatic carbocycles. The van der Waals surface area contributed by atoms with Crippen LogP contribution in [0.25, 0.3) is 0 Å². The molecule has 6 nitrogen and oxygen atoms in total. The molecule has 2 aromatic carbocycles. The number of piperazine rings is 1. The molecule has 1 saturated heterocycles. The fourth-order valence-corrected chi connectivity index (χ4v) is 3.74. The first kappa shape index (κ1) is 17.7. The predicted octanol–water partition coefficient (Wildman–Crippen LogP) is 2.14. The molecule has 0 unspecified atom stereocenters. The minimum Gasteiger partial charge on any atom is -0.456 e. The van der Waals surface area contributed by atoms with Crippen molar-refractivity contribution < 1.29 is 13.2 Å². The van der Waals surface area contributed by atoms with Crippen LogP contribution in [0.4, 0.5) is 5.69 Å². The van der Waals surface area contributed by atoms with Crippen molar-refractivity contribution in [3.63, 3.8) is 0 Å². The van der Waals surface area contributed by atoms with Crippen molar-refractivity contribution in [2.75, 3.05) is 45.2 Å². The summed E-state index contributed by atoms with van der Waals surface area (Å²) in [6.07, 6.45) is 0. The molecule has 3 rings (SSSR count). The van der Waals surface area contributed by atoms with Crippen LogP contribution in [0.1, 0.15) is 0 Å². The Bertz CT molecular complexity index is 817. The van der Waals surface area contributed by atoms with Gasteiger partial charge in [0.2, 0.25) is 10.0 Å². The largest absolute Gasteiger partial charge is 0.456 e. The van der Waals surface area contributed by atoms with E-state index in [1.807, 2.05) is 24.3 Å². The van der Waals surface area contributed by atoms with Crippen molar-refractivity contribution in [3.05, 3.63) is 48.5 Å². The van der Waals surface area contributed by atoms with Crippen LogP contribution in [0.15, 0.2) is 53.4 Å². The Labute approximate surface area is 149 Å². The molecule has 134 valence electrons. The van der Waals surface area contributed by atoms with E-state index < -0.39 is 10.0 Å². The van der Waals surface area contributed by atoms with Gasteiger partial charge in [0, 0.05) is 46.0 Å². The molecule has 1 aliphatic heterocycles. The van der Waals surface area contributed by atoms with Crippen molar-refractivity contribution in [3.8, 4) is 11.5 Å². The Morgan fingerprint density at radius 2 is 1.72 bits per heavy atom. The zero-order valence-corrected chi connectivity index (χ0v) is 15.3. The van der Waals surface area contributed by atoms with E-state index in [0.29, 0.717) is 11.5 Å². The first-order valence-electron chi connectivity index (χ1n) is 8.23. The smallest absolute Gasteiger partial charge is 0.246 e. The van der Waals surface area contributed by atoms with Crippen LogP contribution in [-0.2, 0) is 10.0 Å². The van der Waals surface area contributed by atoms with Crippen molar-refractivity contribution in [1.82, 2.24) is 9.62 Å². The Morgan fingerprint density at radius 3 is 2.36 bits per heavy atom. The molecule has 0 atom stereocenters. The van der Waals surface area contributed by atoms with Gasteiger partial charge in [0.05, 0.1) is 0 Å². The average molecular weight is 361 g/mol.